The molecule has 0 aliphatic rings. The second-order valence-corrected chi connectivity index (χ2v) is 4.37. The number of nitrogens with one attached hydrogen (secondary N) is 1. The van der Waals surface area contributed by atoms with Gasteiger partial charge in [0, 0.05) is 12.6 Å². The Hall–Kier alpha value is -1.26. The number of rotatable bonds is 7. The lowest BCUT2D eigenvalue weighted by molar-refractivity contribution is -0.123. The maximum atomic E-state index is 11.5. The van der Waals surface area contributed by atoms with Crippen molar-refractivity contribution < 1.29 is 9.53 Å². The number of halogens is 1. The van der Waals surface area contributed by atoms with E-state index in [1.807, 2.05) is 31.2 Å². The van der Waals surface area contributed by atoms with Gasteiger partial charge in [0.2, 0.25) is 0 Å². The van der Waals surface area contributed by atoms with Crippen molar-refractivity contribution in [2.45, 2.75) is 32.7 Å². The summed E-state index contributed by atoms with van der Waals surface area (Å²) in [6.45, 7) is 4.62. The largest absolute Gasteiger partial charge is 0.483 e. The van der Waals surface area contributed by atoms with Crippen LogP contribution in [0.5, 0.6) is 5.75 Å². The molecule has 1 rings (SSSR count). The summed E-state index contributed by atoms with van der Waals surface area (Å²) >= 11 is 0. The van der Waals surface area contributed by atoms with Crippen LogP contribution >= 0.6 is 12.4 Å². The van der Waals surface area contributed by atoms with E-state index in [1.165, 1.54) is 0 Å². The van der Waals surface area contributed by atoms with Crippen LogP contribution in [-0.4, -0.2) is 25.1 Å². The number of aryl methyl sites for hydroxylation is 1. The Labute approximate surface area is 121 Å². The highest BCUT2D eigenvalue weighted by atomic mass is 35.5. The molecule has 0 bridgehead atoms. The Bertz CT molecular complexity index is 383. The molecule has 1 aromatic carbocycles. The van der Waals surface area contributed by atoms with Crippen LogP contribution in [0, 0.1) is 0 Å². The molecule has 0 aromatic heterocycles. The zero-order valence-corrected chi connectivity index (χ0v) is 12.3. The first-order valence-corrected chi connectivity index (χ1v) is 6.36. The maximum absolute atomic E-state index is 11.5. The highest BCUT2D eigenvalue weighted by Crippen LogP contribution is 2.17. The summed E-state index contributed by atoms with van der Waals surface area (Å²) in [5, 5.41) is 2.78. The number of carbonyl (C=O) groups excluding carboxylic acids is 1. The SMILES string of the molecule is CCc1ccccc1OCC(=O)NCCC(C)N.Cl. The summed E-state index contributed by atoms with van der Waals surface area (Å²) in [5.74, 6) is 0.670. The maximum Gasteiger partial charge on any atom is 0.257 e. The van der Waals surface area contributed by atoms with E-state index in [9.17, 15) is 4.79 Å². The average Bonchev–Trinajstić information content (AvgIpc) is 2.36. The molecule has 5 heteroatoms. The minimum absolute atomic E-state index is 0. The van der Waals surface area contributed by atoms with Crippen molar-refractivity contribution >= 4 is 18.3 Å². The molecule has 0 fully saturated rings. The number of carbonyl (C=O) groups is 1. The van der Waals surface area contributed by atoms with Crippen LogP contribution in [0.25, 0.3) is 0 Å². The molecule has 0 spiro atoms. The Morgan fingerprint density at radius 2 is 2.11 bits per heavy atom. The van der Waals surface area contributed by atoms with Gasteiger partial charge in [-0.05, 0) is 31.4 Å². The van der Waals surface area contributed by atoms with Crippen LogP contribution < -0.4 is 15.8 Å². The van der Waals surface area contributed by atoms with Crippen molar-refractivity contribution in [2.75, 3.05) is 13.2 Å². The molecule has 1 atom stereocenters. The molecule has 1 amide bonds. The lowest BCUT2D eigenvalue weighted by Crippen LogP contribution is -2.32. The fraction of sp³-hybridized carbons (Fsp3) is 0.500. The standard InChI is InChI=1S/C14H22N2O2.ClH/c1-3-12-6-4-5-7-13(12)18-10-14(17)16-9-8-11(2)15;/h4-7,11H,3,8-10,15H2,1-2H3,(H,16,17);1H. The van der Waals surface area contributed by atoms with Crippen molar-refractivity contribution in [1.82, 2.24) is 5.32 Å². The van der Waals surface area contributed by atoms with Gasteiger partial charge in [0.1, 0.15) is 5.75 Å². The molecule has 0 aliphatic carbocycles. The topological polar surface area (TPSA) is 64.3 Å². The summed E-state index contributed by atoms with van der Waals surface area (Å²) in [4.78, 5) is 11.5. The fourth-order valence-electron chi connectivity index (χ4n) is 1.57. The van der Waals surface area contributed by atoms with E-state index in [4.69, 9.17) is 10.5 Å². The van der Waals surface area contributed by atoms with Crippen LogP contribution in [-0.2, 0) is 11.2 Å². The fourth-order valence-corrected chi connectivity index (χ4v) is 1.57. The Morgan fingerprint density at radius 1 is 1.42 bits per heavy atom. The number of hydrogen-bond donors (Lipinski definition) is 2. The van der Waals surface area contributed by atoms with Crippen molar-refractivity contribution in [3.63, 3.8) is 0 Å². The van der Waals surface area contributed by atoms with Gasteiger partial charge in [0.25, 0.3) is 5.91 Å². The number of nitrogens with two attached hydrogens (primary N) is 1. The van der Waals surface area contributed by atoms with Gasteiger partial charge in [0.15, 0.2) is 6.61 Å². The molecule has 1 unspecified atom stereocenters. The summed E-state index contributed by atoms with van der Waals surface area (Å²) < 4.78 is 5.50. The smallest absolute Gasteiger partial charge is 0.257 e. The first kappa shape index (κ1) is 17.7. The molecule has 108 valence electrons. The van der Waals surface area contributed by atoms with Crippen LogP contribution in [0.2, 0.25) is 0 Å². The minimum atomic E-state index is -0.110. The van der Waals surface area contributed by atoms with Gasteiger partial charge in [-0.25, -0.2) is 0 Å². The number of amides is 1. The van der Waals surface area contributed by atoms with Crippen LogP contribution in [0.15, 0.2) is 24.3 Å². The van der Waals surface area contributed by atoms with Crippen molar-refractivity contribution in [3.05, 3.63) is 29.8 Å². The number of ether oxygens (including phenoxy) is 1. The Balaban J connectivity index is 0.00000324. The molecule has 0 saturated carbocycles. The van der Waals surface area contributed by atoms with Gasteiger partial charge in [-0.2, -0.15) is 0 Å². The summed E-state index contributed by atoms with van der Waals surface area (Å²) in [6.07, 6.45) is 1.67. The van der Waals surface area contributed by atoms with Gasteiger partial charge in [-0.3, -0.25) is 4.79 Å². The third kappa shape index (κ3) is 7.03. The molecule has 1 aromatic rings. The molecule has 0 heterocycles. The normalized spacial score (nSPS) is 11.3. The second kappa shape index (κ2) is 9.64. The molecule has 4 nitrogen and oxygen atoms in total. The van der Waals surface area contributed by atoms with Gasteiger partial charge < -0.3 is 15.8 Å². The average molecular weight is 287 g/mol. The summed E-state index contributed by atoms with van der Waals surface area (Å²) in [5.41, 5.74) is 6.71. The summed E-state index contributed by atoms with van der Waals surface area (Å²) in [6, 6.07) is 7.86. The molecule has 3 N–H and O–H groups in total. The lowest BCUT2D eigenvalue weighted by atomic mass is 10.1. The Kier molecular flexibility index (Phi) is 9.00. The van der Waals surface area contributed by atoms with E-state index in [1.54, 1.807) is 0 Å². The van der Waals surface area contributed by atoms with E-state index in [2.05, 4.69) is 12.2 Å². The zero-order valence-electron chi connectivity index (χ0n) is 11.5. The van der Waals surface area contributed by atoms with Gasteiger partial charge in [-0.1, -0.05) is 25.1 Å². The zero-order chi connectivity index (χ0) is 13.4. The molecule has 0 radical (unpaired) electrons. The third-order valence-electron chi connectivity index (χ3n) is 2.63. The molecule has 0 aliphatic heterocycles. The predicted octanol–water partition coefficient (Wildman–Crippen LogP) is 1.90. The second-order valence-electron chi connectivity index (χ2n) is 4.37. The van der Waals surface area contributed by atoms with Crippen LogP contribution in [0.4, 0.5) is 0 Å². The Morgan fingerprint density at radius 3 is 2.74 bits per heavy atom. The van der Waals surface area contributed by atoms with Crippen molar-refractivity contribution in [3.8, 4) is 5.75 Å². The van der Waals surface area contributed by atoms with Crippen molar-refractivity contribution in [1.29, 1.82) is 0 Å². The van der Waals surface area contributed by atoms with E-state index in [0.717, 1.165) is 24.2 Å². The van der Waals surface area contributed by atoms with Crippen LogP contribution in [0.1, 0.15) is 25.8 Å². The van der Waals surface area contributed by atoms with E-state index in [-0.39, 0.29) is 31.0 Å². The van der Waals surface area contributed by atoms with Gasteiger partial charge >= 0.3 is 0 Å². The van der Waals surface area contributed by atoms with E-state index < -0.39 is 0 Å². The first-order chi connectivity index (χ1) is 8.63. The lowest BCUT2D eigenvalue weighted by Gasteiger charge is -2.11. The monoisotopic (exact) mass is 286 g/mol. The highest BCUT2D eigenvalue weighted by molar-refractivity contribution is 5.85. The third-order valence-corrected chi connectivity index (χ3v) is 2.63. The van der Waals surface area contributed by atoms with Gasteiger partial charge in [0.05, 0.1) is 0 Å². The van der Waals surface area contributed by atoms with E-state index in [0.29, 0.717) is 6.54 Å². The molecular formula is C14H23ClN2O2. The summed E-state index contributed by atoms with van der Waals surface area (Å²) in [7, 11) is 0. The number of benzene rings is 1. The van der Waals surface area contributed by atoms with Crippen LogP contribution in [0.3, 0.4) is 0 Å². The number of hydrogen-bond acceptors (Lipinski definition) is 3. The van der Waals surface area contributed by atoms with Crippen molar-refractivity contribution in [2.24, 2.45) is 5.73 Å². The van der Waals surface area contributed by atoms with E-state index >= 15 is 0 Å². The molecule has 19 heavy (non-hydrogen) atoms. The first-order valence-electron chi connectivity index (χ1n) is 6.36. The molecular weight excluding hydrogens is 264 g/mol. The van der Waals surface area contributed by atoms with Gasteiger partial charge in [-0.15, -0.1) is 12.4 Å². The molecule has 0 saturated heterocycles. The predicted molar refractivity (Wildman–Crippen MR) is 79.8 cm³/mol. The number of para-hydroxylation sites is 1. The highest BCUT2D eigenvalue weighted by Gasteiger charge is 2.05. The minimum Gasteiger partial charge on any atom is -0.483 e. The quantitative estimate of drug-likeness (QED) is 0.805.